The Labute approximate surface area is 136 Å². The normalized spacial score (nSPS) is 20.8. The fourth-order valence-electron chi connectivity index (χ4n) is 2.98. The van der Waals surface area contributed by atoms with E-state index in [0.29, 0.717) is 11.1 Å². The molecule has 0 amide bonds. The predicted molar refractivity (Wildman–Crippen MR) is 87.7 cm³/mol. The summed E-state index contributed by atoms with van der Waals surface area (Å²) in [5.74, 6) is -0.408. The molecule has 1 fully saturated rings. The van der Waals surface area contributed by atoms with Crippen molar-refractivity contribution in [3.63, 3.8) is 0 Å². The number of nitrogens with one attached hydrogen (secondary N) is 1. The minimum Gasteiger partial charge on any atom is -0.313 e. The second kappa shape index (κ2) is 7.77. The van der Waals surface area contributed by atoms with Gasteiger partial charge in [-0.2, -0.15) is 0 Å². The lowest BCUT2D eigenvalue weighted by molar-refractivity contribution is 0.184. The predicted octanol–water partition coefficient (Wildman–Crippen LogP) is 4.66. The van der Waals surface area contributed by atoms with Crippen LogP contribution >= 0.6 is 23.2 Å². The van der Waals surface area contributed by atoms with Crippen LogP contribution in [0.4, 0.5) is 4.39 Å². The van der Waals surface area contributed by atoms with Gasteiger partial charge in [-0.1, -0.05) is 36.5 Å². The number of halogens is 3. The largest absolute Gasteiger partial charge is 0.313 e. The first-order valence-corrected chi connectivity index (χ1v) is 8.40. The first kappa shape index (κ1) is 17.0. The molecule has 0 bridgehead atoms. The van der Waals surface area contributed by atoms with Crippen LogP contribution in [-0.2, 0) is 0 Å². The van der Waals surface area contributed by atoms with E-state index in [1.807, 2.05) is 0 Å². The Morgan fingerprint density at radius 2 is 2.10 bits per heavy atom. The Bertz CT molecular complexity index is 476. The van der Waals surface area contributed by atoms with E-state index in [1.54, 1.807) is 0 Å². The van der Waals surface area contributed by atoms with Gasteiger partial charge < -0.3 is 5.32 Å². The number of hydrogen-bond donors (Lipinski definition) is 1. The summed E-state index contributed by atoms with van der Waals surface area (Å²) in [6.07, 6.45) is 3.73. The number of benzene rings is 1. The Kier molecular flexibility index (Phi) is 6.30. The minimum absolute atomic E-state index is 0.0676. The van der Waals surface area contributed by atoms with Crippen LogP contribution in [0.1, 0.15) is 44.7 Å². The molecular formula is C16H23Cl2FN2. The van der Waals surface area contributed by atoms with Gasteiger partial charge in [-0.25, -0.2) is 4.39 Å². The lowest BCUT2D eigenvalue weighted by atomic mass is 10.0. The number of nitrogens with zero attached hydrogens (tertiary/aromatic N) is 1. The first-order valence-electron chi connectivity index (χ1n) is 7.64. The van der Waals surface area contributed by atoms with Crippen molar-refractivity contribution in [2.75, 3.05) is 19.6 Å². The van der Waals surface area contributed by atoms with Crippen LogP contribution in [0.3, 0.4) is 0 Å². The Morgan fingerprint density at radius 3 is 2.71 bits per heavy atom. The van der Waals surface area contributed by atoms with Crippen LogP contribution in [0.2, 0.25) is 10.0 Å². The van der Waals surface area contributed by atoms with Gasteiger partial charge >= 0.3 is 0 Å². The Morgan fingerprint density at radius 1 is 1.33 bits per heavy atom. The highest BCUT2D eigenvalue weighted by molar-refractivity contribution is 6.35. The van der Waals surface area contributed by atoms with Gasteiger partial charge in [0.05, 0.1) is 5.02 Å². The van der Waals surface area contributed by atoms with Crippen LogP contribution < -0.4 is 5.32 Å². The molecule has 2 rings (SSSR count). The SMILES string of the molecule is CCN(CC1CCCCN1)C(C)c1cc(F)c(Cl)cc1Cl. The van der Waals surface area contributed by atoms with Gasteiger partial charge in [0.1, 0.15) is 5.82 Å². The number of rotatable bonds is 5. The van der Waals surface area contributed by atoms with Gasteiger partial charge in [-0.05, 0) is 50.6 Å². The van der Waals surface area contributed by atoms with Crippen molar-refractivity contribution in [3.05, 3.63) is 33.6 Å². The van der Waals surface area contributed by atoms with E-state index < -0.39 is 5.82 Å². The molecule has 2 unspecified atom stereocenters. The summed E-state index contributed by atoms with van der Waals surface area (Å²) in [6.45, 7) is 7.14. The third kappa shape index (κ3) is 4.32. The summed E-state index contributed by atoms with van der Waals surface area (Å²) in [6, 6.07) is 3.54. The van der Waals surface area contributed by atoms with Gasteiger partial charge in [0.25, 0.3) is 0 Å². The van der Waals surface area contributed by atoms with E-state index in [9.17, 15) is 4.39 Å². The van der Waals surface area contributed by atoms with Gasteiger partial charge in [-0.15, -0.1) is 0 Å². The fraction of sp³-hybridized carbons (Fsp3) is 0.625. The lowest BCUT2D eigenvalue weighted by Gasteiger charge is -2.34. The molecule has 0 spiro atoms. The highest BCUT2D eigenvalue weighted by Crippen LogP contribution is 2.31. The zero-order valence-electron chi connectivity index (χ0n) is 12.6. The maximum atomic E-state index is 13.7. The number of likely N-dealkylation sites (N-methyl/N-ethyl adjacent to an activating group) is 1. The van der Waals surface area contributed by atoms with E-state index in [2.05, 4.69) is 24.1 Å². The molecule has 1 heterocycles. The quantitative estimate of drug-likeness (QED) is 0.789. The molecular weight excluding hydrogens is 310 g/mol. The molecule has 2 nitrogen and oxygen atoms in total. The number of piperidine rings is 1. The molecule has 0 saturated carbocycles. The van der Waals surface area contributed by atoms with E-state index in [4.69, 9.17) is 23.2 Å². The zero-order chi connectivity index (χ0) is 15.4. The molecule has 1 N–H and O–H groups in total. The maximum absolute atomic E-state index is 13.7. The summed E-state index contributed by atoms with van der Waals surface area (Å²) in [4.78, 5) is 2.33. The number of hydrogen-bond acceptors (Lipinski definition) is 2. The van der Waals surface area contributed by atoms with Crippen LogP contribution in [0, 0.1) is 5.82 Å². The summed E-state index contributed by atoms with van der Waals surface area (Å²) in [5.41, 5.74) is 0.802. The molecule has 1 aliphatic rings. The molecule has 1 aliphatic heterocycles. The Balaban J connectivity index is 2.11. The van der Waals surface area contributed by atoms with Crippen molar-refractivity contribution in [2.45, 2.75) is 45.2 Å². The maximum Gasteiger partial charge on any atom is 0.142 e. The van der Waals surface area contributed by atoms with Crippen molar-refractivity contribution in [3.8, 4) is 0 Å². The Hall–Kier alpha value is -0.350. The van der Waals surface area contributed by atoms with Gasteiger partial charge in [-0.3, -0.25) is 4.90 Å². The molecule has 0 radical (unpaired) electrons. The minimum atomic E-state index is -0.408. The molecule has 1 saturated heterocycles. The third-order valence-electron chi connectivity index (χ3n) is 4.31. The second-order valence-corrected chi connectivity index (χ2v) is 6.51. The van der Waals surface area contributed by atoms with Crippen molar-refractivity contribution < 1.29 is 4.39 Å². The molecule has 118 valence electrons. The van der Waals surface area contributed by atoms with Crippen LogP contribution in [0.25, 0.3) is 0 Å². The topological polar surface area (TPSA) is 15.3 Å². The van der Waals surface area contributed by atoms with Crippen molar-refractivity contribution in [1.29, 1.82) is 0 Å². The van der Waals surface area contributed by atoms with Crippen LogP contribution in [0.15, 0.2) is 12.1 Å². The van der Waals surface area contributed by atoms with Crippen molar-refractivity contribution in [2.24, 2.45) is 0 Å². The molecule has 0 aromatic heterocycles. The second-order valence-electron chi connectivity index (χ2n) is 5.70. The molecule has 1 aromatic rings. The highest BCUT2D eigenvalue weighted by Gasteiger charge is 2.22. The first-order chi connectivity index (χ1) is 10.0. The summed E-state index contributed by atoms with van der Waals surface area (Å²) >= 11 is 12.0. The fourth-order valence-corrected chi connectivity index (χ4v) is 3.52. The third-order valence-corrected chi connectivity index (χ3v) is 4.93. The smallest absolute Gasteiger partial charge is 0.142 e. The molecule has 21 heavy (non-hydrogen) atoms. The van der Waals surface area contributed by atoms with E-state index >= 15 is 0 Å². The molecule has 1 aromatic carbocycles. The molecule has 2 atom stereocenters. The monoisotopic (exact) mass is 332 g/mol. The average molecular weight is 333 g/mol. The average Bonchev–Trinajstić information content (AvgIpc) is 2.49. The van der Waals surface area contributed by atoms with Gasteiger partial charge in [0, 0.05) is 23.7 Å². The van der Waals surface area contributed by atoms with E-state index in [-0.39, 0.29) is 11.1 Å². The van der Waals surface area contributed by atoms with Crippen LogP contribution in [-0.4, -0.2) is 30.6 Å². The van der Waals surface area contributed by atoms with E-state index in [0.717, 1.165) is 25.2 Å². The summed E-state index contributed by atoms with van der Waals surface area (Å²) in [7, 11) is 0. The van der Waals surface area contributed by atoms with Gasteiger partial charge in [0.2, 0.25) is 0 Å². The van der Waals surface area contributed by atoms with Crippen LogP contribution in [0.5, 0.6) is 0 Å². The van der Waals surface area contributed by atoms with E-state index in [1.165, 1.54) is 31.4 Å². The summed E-state index contributed by atoms with van der Waals surface area (Å²) in [5, 5.41) is 4.16. The standard InChI is InChI=1S/C16H23Cl2FN2/c1-3-21(10-12-6-4-5-7-20-12)11(2)13-8-16(19)15(18)9-14(13)17/h8-9,11-12,20H,3-7,10H2,1-2H3. The lowest BCUT2D eigenvalue weighted by Crippen LogP contribution is -2.44. The molecule has 0 aliphatic carbocycles. The highest BCUT2D eigenvalue weighted by atomic mass is 35.5. The zero-order valence-corrected chi connectivity index (χ0v) is 14.1. The van der Waals surface area contributed by atoms with Gasteiger partial charge in [0.15, 0.2) is 0 Å². The summed E-state index contributed by atoms with van der Waals surface area (Å²) < 4.78 is 13.7. The molecule has 5 heteroatoms. The van der Waals surface area contributed by atoms with Crippen molar-refractivity contribution in [1.82, 2.24) is 10.2 Å². The van der Waals surface area contributed by atoms with Crippen molar-refractivity contribution >= 4 is 23.2 Å².